The predicted molar refractivity (Wildman–Crippen MR) is 127 cm³/mol. The molecule has 3 rings (SSSR count). The van der Waals surface area contributed by atoms with Crippen molar-refractivity contribution >= 4 is 22.4 Å². The summed E-state index contributed by atoms with van der Waals surface area (Å²) in [6.45, 7) is 8.63. The zero-order chi connectivity index (χ0) is 22.6. The number of anilines is 1. The van der Waals surface area contributed by atoms with E-state index in [2.05, 4.69) is 35.4 Å². The van der Waals surface area contributed by atoms with Crippen LogP contribution in [0.2, 0.25) is 0 Å². The second-order valence-corrected chi connectivity index (χ2v) is 9.91. The molecule has 2 aromatic rings. The van der Waals surface area contributed by atoms with Crippen LogP contribution in [0.15, 0.2) is 17.8 Å². The summed E-state index contributed by atoms with van der Waals surface area (Å²) in [4.78, 5) is 9.26. The Balaban J connectivity index is 1.74. The predicted octanol–water partition coefficient (Wildman–Crippen LogP) is 3.80. The molecular weight excluding hydrogens is 410 g/mol. The number of likely N-dealkylation sites (N-methyl/N-ethyl adjacent to an activating group) is 1. The van der Waals surface area contributed by atoms with Gasteiger partial charge in [-0.3, -0.25) is 0 Å². The number of aromatic nitrogens is 3. The Morgan fingerprint density at radius 3 is 2.52 bits per heavy atom. The largest absolute Gasteiger partial charge is 0.489 e. The van der Waals surface area contributed by atoms with E-state index in [9.17, 15) is 0 Å². The topological polar surface area (TPSA) is 115 Å². The molecule has 0 aliphatic heterocycles. The number of nitrogens with two attached hydrogens (primary N) is 2. The first kappa shape index (κ1) is 23.3. The number of ether oxygens (including phenoxy) is 1. The molecule has 31 heavy (non-hydrogen) atoms. The molecule has 8 nitrogen and oxygen atoms in total. The van der Waals surface area contributed by atoms with Gasteiger partial charge in [-0.05, 0) is 44.7 Å². The van der Waals surface area contributed by atoms with Crippen molar-refractivity contribution in [3.63, 3.8) is 0 Å². The van der Waals surface area contributed by atoms with Crippen molar-refractivity contribution in [3.8, 4) is 5.75 Å². The monoisotopic (exact) mass is 445 g/mol. The van der Waals surface area contributed by atoms with E-state index in [1.807, 2.05) is 19.1 Å². The smallest absolute Gasteiger partial charge is 0.202 e. The fraction of sp³-hybridized carbons (Fsp3) is 0.591. The SMILES string of the molecule is Cc1nc(/C(N)=C(\CNc2nc(C(C)(C)C)ns2)N(C)N)ccc1OC1CCCCC1. The minimum Gasteiger partial charge on any atom is -0.489 e. The first-order valence-corrected chi connectivity index (χ1v) is 11.6. The Kier molecular flexibility index (Phi) is 7.38. The zero-order valence-electron chi connectivity index (χ0n) is 19.2. The highest BCUT2D eigenvalue weighted by Crippen LogP contribution is 2.27. The van der Waals surface area contributed by atoms with Crippen molar-refractivity contribution in [1.82, 2.24) is 19.4 Å². The average molecular weight is 446 g/mol. The summed E-state index contributed by atoms with van der Waals surface area (Å²) in [6.07, 6.45) is 6.27. The molecule has 2 aromatic heterocycles. The number of aryl methyl sites for hydroxylation is 1. The lowest BCUT2D eigenvalue weighted by atomic mass is 9.96. The quantitative estimate of drug-likeness (QED) is 0.435. The van der Waals surface area contributed by atoms with E-state index in [1.165, 1.54) is 35.8 Å². The maximum Gasteiger partial charge on any atom is 0.202 e. The molecule has 2 heterocycles. The normalized spacial score (nSPS) is 16.1. The second kappa shape index (κ2) is 9.82. The van der Waals surface area contributed by atoms with Crippen molar-refractivity contribution in [3.05, 3.63) is 35.0 Å². The molecule has 0 bridgehead atoms. The van der Waals surface area contributed by atoms with Crippen LogP contribution in [0.3, 0.4) is 0 Å². The third-order valence-electron chi connectivity index (χ3n) is 5.40. The number of hydrazine groups is 1. The van der Waals surface area contributed by atoms with Gasteiger partial charge in [0.15, 0.2) is 0 Å². The first-order chi connectivity index (χ1) is 14.6. The summed E-state index contributed by atoms with van der Waals surface area (Å²) in [5, 5.41) is 5.53. The summed E-state index contributed by atoms with van der Waals surface area (Å²) in [6, 6.07) is 3.85. The van der Waals surface area contributed by atoms with Crippen LogP contribution in [0, 0.1) is 6.92 Å². The van der Waals surface area contributed by atoms with Gasteiger partial charge >= 0.3 is 0 Å². The highest BCUT2D eigenvalue weighted by atomic mass is 32.1. The molecule has 1 fully saturated rings. The Morgan fingerprint density at radius 2 is 1.94 bits per heavy atom. The number of pyridine rings is 1. The van der Waals surface area contributed by atoms with E-state index in [1.54, 1.807) is 7.05 Å². The van der Waals surface area contributed by atoms with E-state index in [-0.39, 0.29) is 11.5 Å². The highest BCUT2D eigenvalue weighted by Gasteiger charge is 2.20. The third-order valence-corrected chi connectivity index (χ3v) is 6.07. The van der Waals surface area contributed by atoms with E-state index in [0.717, 1.165) is 40.9 Å². The number of nitrogens with zero attached hydrogens (tertiary/aromatic N) is 4. The maximum atomic E-state index is 6.46. The van der Waals surface area contributed by atoms with Crippen LogP contribution in [0.25, 0.3) is 5.70 Å². The molecule has 0 radical (unpaired) electrons. The first-order valence-electron chi connectivity index (χ1n) is 10.8. The lowest BCUT2D eigenvalue weighted by molar-refractivity contribution is 0.153. The standard InChI is InChI=1S/C22H35N7OS/c1-14-18(30-15-9-7-6-8-10-15)12-11-16(26-14)19(23)17(29(5)24)13-25-21-27-20(28-31-21)22(2,3)4/h11-12,15H,6-10,13,23-24H2,1-5H3,(H,25,27,28)/b19-17-. The lowest BCUT2D eigenvalue weighted by Gasteiger charge is -2.24. The Bertz CT molecular complexity index is 911. The third kappa shape index (κ3) is 6.07. The van der Waals surface area contributed by atoms with Crippen molar-refractivity contribution < 1.29 is 4.74 Å². The minimum atomic E-state index is -0.0956. The van der Waals surface area contributed by atoms with Gasteiger partial charge in [0.05, 0.1) is 35.4 Å². The van der Waals surface area contributed by atoms with E-state index in [0.29, 0.717) is 17.9 Å². The lowest BCUT2D eigenvalue weighted by Crippen LogP contribution is -2.32. The fourth-order valence-corrected chi connectivity index (χ4v) is 4.25. The summed E-state index contributed by atoms with van der Waals surface area (Å²) in [7, 11) is 1.76. The minimum absolute atomic E-state index is 0.0956. The fourth-order valence-electron chi connectivity index (χ4n) is 3.50. The number of hydrogen-bond acceptors (Lipinski definition) is 9. The molecule has 0 saturated heterocycles. The van der Waals surface area contributed by atoms with E-state index >= 15 is 0 Å². The number of hydrogen-bond donors (Lipinski definition) is 3. The highest BCUT2D eigenvalue weighted by molar-refractivity contribution is 7.09. The summed E-state index contributed by atoms with van der Waals surface area (Å²) >= 11 is 1.33. The van der Waals surface area contributed by atoms with Gasteiger partial charge in [-0.25, -0.2) is 15.8 Å². The second-order valence-electron chi connectivity index (χ2n) is 9.16. The van der Waals surface area contributed by atoms with Crippen LogP contribution in [0.1, 0.15) is 70.1 Å². The summed E-state index contributed by atoms with van der Waals surface area (Å²) in [5.74, 6) is 7.71. The van der Waals surface area contributed by atoms with Crippen LogP contribution < -0.4 is 21.6 Å². The van der Waals surface area contributed by atoms with Crippen LogP contribution in [0.4, 0.5) is 5.13 Å². The summed E-state index contributed by atoms with van der Waals surface area (Å²) < 4.78 is 10.6. The van der Waals surface area contributed by atoms with Gasteiger partial charge in [0.25, 0.3) is 0 Å². The molecular formula is C22H35N7OS. The van der Waals surface area contributed by atoms with Crippen molar-refractivity contribution in [2.75, 3.05) is 18.9 Å². The molecule has 170 valence electrons. The molecule has 0 unspecified atom stereocenters. The van der Waals surface area contributed by atoms with Crippen LogP contribution in [-0.2, 0) is 5.41 Å². The molecule has 0 aromatic carbocycles. The Labute approximate surface area is 189 Å². The molecule has 1 aliphatic rings. The number of nitrogens with one attached hydrogen (secondary N) is 1. The molecule has 1 aliphatic carbocycles. The van der Waals surface area contributed by atoms with Gasteiger partial charge in [0.1, 0.15) is 11.6 Å². The van der Waals surface area contributed by atoms with Gasteiger partial charge in [-0.1, -0.05) is 27.2 Å². The van der Waals surface area contributed by atoms with Gasteiger partial charge < -0.3 is 20.8 Å². The van der Waals surface area contributed by atoms with Crippen molar-refractivity contribution in [2.45, 2.75) is 71.3 Å². The van der Waals surface area contributed by atoms with E-state index in [4.69, 9.17) is 21.3 Å². The molecule has 0 amide bonds. The van der Waals surface area contributed by atoms with Crippen LogP contribution >= 0.6 is 11.5 Å². The maximum absolute atomic E-state index is 6.46. The van der Waals surface area contributed by atoms with Gasteiger partial charge in [-0.2, -0.15) is 4.37 Å². The molecule has 0 atom stereocenters. The van der Waals surface area contributed by atoms with Gasteiger partial charge in [-0.15, -0.1) is 0 Å². The van der Waals surface area contributed by atoms with Gasteiger partial charge in [0, 0.05) is 24.0 Å². The molecule has 0 spiro atoms. The Morgan fingerprint density at radius 1 is 1.23 bits per heavy atom. The zero-order valence-corrected chi connectivity index (χ0v) is 20.1. The molecule has 5 N–H and O–H groups in total. The Hall–Kier alpha value is -2.39. The summed E-state index contributed by atoms with van der Waals surface area (Å²) in [5.41, 5.74) is 9.12. The average Bonchev–Trinajstić information content (AvgIpc) is 3.19. The molecule has 1 saturated carbocycles. The van der Waals surface area contributed by atoms with Gasteiger partial charge in [0.2, 0.25) is 5.13 Å². The van der Waals surface area contributed by atoms with E-state index < -0.39 is 0 Å². The molecule has 9 heteroatoms. The number of rotatable bonds is 7. The van der Waals surface area contributed by atoms with Crippen molar-refractivity contribution in [2.24, 2.45) is 11.6 Å². The van der Waals surface area contributed by atoms with Crippen LogP contribution in [-0.4, -0.2) is 39.0 Å². The van der Waals surface area contributed by atoms with Crippen molar-refractivity contribution in [1.29, 1.82) is 0 Å². The van der Waals surface area contributed by atoms with Crippen LogP contribution in [0.5, 0.6) is 5.75 Å².